The average molecular weight is 387 g/mol. The fraction of sp³-hybridized carbons (Fsp3) is 0.222. The molecule has 1 N–H and O–H groups in total. The summed E-state index contributed by atoms with van der Waals surface area (Å²) < 4.78 is 5.63. The Balaban J connectivity index is 1.57. The largest absolute Gasteiger partial charge is 0.411 e. The molecule has 0 aliphatic heterocycles. The van der Waals surface area contributed by atoms with E-state index in [9.17, 15) is 9.59 Å². The molecule has 8 heteroatoms. The number of carbonyl (C=O) groups excluding carboxylic acids is 2. The third-order valence-corrected chi connectivity index (χ3v) is 5.39. The smallest absolute Gasteiger partial charge is 0.277 e. The third kappa shape index (κ3) is 4.80. The summed E-state index contributed by atoms with van der Waals surface area (Å²) in [5.74, 6) is 0.555. The van der Waals surface area contributed by atoms with E-state index in [1.807, 2.05) is 37.3 Å². The molecule has 0 saturated heterocycles. The lowest BCUT2D eigenvalue weighted by molar-refractivity contribution is -0.119. The summed E-state index contributed by atoms with van der Waals surface area (Å²) in [5.41, 5.74) is 1.97. The predicted molar refractivity (Wildman–Crippen MR) is 101 cm³/mol. The number of benzene rings is 1. The molecule has 0 fully saturated rings. The van der Waals surface area contributed by atoms with Gasteiger partial charge in [0.1, 0.15) is 0 Å². The number of thioether (sulfide) groups is 1. The van der Waals surface area contributed by atoms with Crippen LogP contribution in [-0.2, 0) is 11.3 Å². The molecule has 1 amide bonds. The van der Waals surface area contributed by atoms with Crippen molar-refractivity contribution < 1.29 is 14.0 Å². The molecule has 26 heavy (non-hydrogen) atoms. The quantitative estimate of drug-likeness (QED) is 0.491. The standard InChI is InChI=1S/C18H17N3O3S2/c1-11-4-3-5-13(8-11)17-20-21-18(24-17)25-10-15(23)16-7-6-14(26-16)9-19-12(2)22/h3-8H,9-10H2,1-2H3,(H,19,22). The van der Waals surface area contributed by atoms with Gasteiger partial charge in [-0.05, 0) is 31.2 Å². The lowest BCUT2D eigenvalue weighted by Gasteiger charge is -1.98. The molecule has 0 radical (unpaired) electrons. The summed E-state index contributed by atoms with van der Waals surface area (Å²) in [6.45, 7) is 3.89. The molecule has 6 nitrogen and oxygen atoms in total. The Morgan fingerprint density at radius 2 is 2.08 bits per heavy atom. The minimum absolute atomic E-state index is 0.00983. The summed E-state index contributed by atoms with van der Waals surface area (Å²) in [5, 5.41) is 11.1. The number of aryl methyl sites for hydroxylation is 1. The molecule has 0 aliphatic rings. The van der Waals surface area contributed by atoms with Gasteiger partial charge in [-0.3, -0.25) is 9.59 Å². The molecular weight excluding hydrogens is 370 g/mol. The Morgan fingerprint density at radius 1 is 1.23 bits per heavy atom. The Labute approximate surface area is 159 Å². The molecule has 2 aromatic heterocycles. The molecule has 0 spiro atoms. The van der Waals surface area contributed by atoms with E-state index in [4.69, 9.17) is 4.42 Å². The highest BCUT2D eigenvalue weighted by Gasteiger charge is 2.14. The Morgan fingerprint density at radius 3 is 2.85 bits per heavy atom. The van der Waals surface area contributed by atoms with E-state index >= 15 is 0 Å². The first-order chi connectivity index (χ1) is 12.5. The molecule has 3 aromatic rings. The zero-order valence-electron chi connectivity index (χ0n) is 14.3. The molecular formula is C18H17N3O3S2. The molecule has 134 valence electrons. The molecule has 0 atom stereocenters. The van der Waals surface area contributed by atoms with Crippen molar-refractivity contribution in [2.24, 2.45) is 0 Å². The van der Waals surface area contributed by atoms with Gasteiger partial charge in [-0.15, -0.1) is 21.5 Å². The van der Waals surface area contributed by atoms with Crippen LogP contribution in [0.1, 0.15) is 27.0 Å². The average Bonchev–Trinajstić information content (AvgIpc) is 3.27. The molecule has 0 unspecified atom stereocenters. The van der Waals surface area contributed by atoms with Gasteiger partial charge in [0.05, 0.1) is 17.2 Å². The van der Waals surface area contributed by atoms with Crippen LogP contribution in [0.5, 0.6) is 0 Å². The second-order valence-electron chi connectivity index (χ2n) is 5.63. The second-order valence-corrected chi connectivity index (χ2v) is 7.73. The molecule has 2 heterocycles. The summed E-state index contributed by atoms with van der Waals surface area (Å²) in [6.07, 6.45) is 0. The van der Waals surface area contributed by atoms with Gasteiger partial charge < -0.3 is 9.73 Å². The second kappa shape index (κ2) is 8.29. The maximum atomic E-state index is 12.3. The number of rotatable bonds is 7. The lowest BCUT2D eigenvalue weighted by Crippen LogP contribution is -2.18. The van der Waals surface area contributed by atoms with Gasteiger partial charge in [0.2, 0.25) is 11.8 Å². The minimum atomic E-state index is -0.0948. The molecule has 0 aliphatic carbocycles. The van der Waals surface area contributed by atoms with E-state index < -0.39 is 0 Å². The van der Waals surface area contributed by atoms with Crippen LogP contribution in [0.3, 0.4) is 0 Å². The topological polar surface area (TPSA) is 85.1 Å². The first-order valence-electron chi connectivity index (χ1n) is 7.91. The fourth-order valence-electron chi connectivity index (χ4n) is 2.20. The third-order valence-electron chi connectivity index (χ3n) is 3.45. The van der Waals surface area contributed by atoms with Crippen molar-refractivity contribution in [3.05, 3.63) is 51.7 Å². The maximum Gasteiger partial charge on any atom is 0.277 e. The van der Waals surface area contributed by atoms with Crippen LogP contribution in [0, 0.1) is 6.92 Å². The van der Waals surface area contributed by atoms with E-state index in [1.165, 1.54) is 30.0 Å². The Hall–Kier alpha value is -2.45. The van der Waals surface area contributed by atoms with Crippen LogP contribution in [0.2, 0.25) is 0 Å². The van der Waals surface area contributed by atoms with Crippen LogP contribution in [-0.4, -0.2) is 27.6 Å². The molecule has 1 aromatic carbocycles. The SMILES string of the molecule is CC(=O)NCc1ccc(C(=O)CSc2nnc(-c3cccc(C)c3)o2)s1. The zero-order chi connectivity index (χ0) is 18.5. The Bertz CT molecular complexity index is 933. The minimum Gasteiger partial charge on any atom is -0.411 e. The monoisotopic (exact) mass is 387 g/mol. The number of nitrogens with one attached hydrogen (secondary N) is 1. The van der Waals surface area contributed by atoms with Crippen LogP contribution in [0.15, 0.2) is 46.0 Å². The van der Waals surface area contributed by atoms with Crippen molar-refractivity contribution in [3.63, 3.8) is 0 Å². The summed E-state index contributed by atoms with van der Waals surface area (Å²) in [4.78, 5) is 24.8. The van der Waals surface area contributed by atoms with Crippen molar-refractivity contribution in [2.45, 2.75) is 25.6 Å². The summed E-state index contributed by atoms with van der Waals surface area (Å²) in [6, 6.07) is 11.4. The van der Waals surface area contributed by atoms with Crippen LogP contribution in [0.25, 0.3) is 11.5 Å². The van der Waals surface area contributed by atoms with Gasteiger partial charge in [0.25, 0.3) is 5.22 Å². The van der Waals surface area contributed by atoms with Crippen LogP contribution >= 0.6 is 23.1 Å². The van der Waals surface area contributed by atoms with E-state index in [-0.39, 0.29) is 17.4 Å². The van der Waals surface area contributed by atoms with E-state index in [1.54, 1.807) is 6.07 Å². The first-order valence-corrected chi connectivity index (χ1v) is 9.71. The number of amides is 1. The number of Topliss-reactive ketones (excluding diaryl/α,β-unsaturated/α-hetero) is 1. The highest BCUT2D eigenvalue weighted by Crippen LogP contribution is 2.25. The van der Waals surface area contributed by atoms with Gasteiger partial charge in [-0.2, -0.15) is 0 Å². The van der Waals surface area contributed by atoms with Crippen molar-refractivity contribution in [3.8, 4) is 11.5 Å². The number of nitrogens with zero attached hydrogens (tertiary/aromatic N) is 2. The van der Waals surface area contributed by atoms with Crippen molar-refractivity contribution in [1.29, 1.82) is 0 Å². The van der Waals surface area contributed by atoms with Gasteiger partial charge in [-0.25, -0.2) is 0 Å². The summed E-state index contributed by atoms with van der Waals surface area (Å²) >= 11 is 2.60. The van der Waals surface area contributed by atoms with E-state index in [2.05, 4.69) is 15.5 Å². The number of thiophene rings is 1. The highest BCUT2D eigenvalue weighted by atomic mass is 32.2. The van der Waals surface area contributed by atoms with Gasteiger partial charge in [-0.1, -0.05) is 29.5 Å². The molecule has 0 bridgehead atoms. The van der Waals surface area contributed by atoms with Gasteiger partial charge in [0.15, 0.2) is 5.78 Å². The fourth-order valence-corrected chi connectivity index (χ4v) is 3.82. The predicted octanol–water partition coefficient (Wildman–Crippen LogP) is 3.72. The van der Waals surface area contributed by atoms with Crippen molar-refractivity contribution in [1.82, 2.24) is 15.5 Å². The Kier molecular flexibility index (Phi) is 5.85. The van der Waals surface area contributed by atoms with Gasteiger partial charge in [0, 0.05) is 17.4 Å². The van der Waals surface area contributed by atoms with E-state index in [0.717, 1.165) is 16.0 Å². The summed E-state index contributed by atoms with van der Waals surface area (Å²) in [7, 11) is 0. The van der Waals surface area contributed by atoms with E-state index in [0.29, 0.717) is 22.5 Å². The highest BCUT2D eigenvalue weighted by molar-refractivity contribution is 7.99. The number of ketones is 1. The van der Waals surface area contributed by atoms with Crippen LogP contribution < -0.4 is 5.32 Å². The number of aromatic nitrogens is 2. The lowest BCUT2D eigenvalue weighted by atomic mass is 10.1. The molecule has 3 rings (SSSR count). The number of carbonyl (C=O) groups is 2. The van der Waals surface area contributed by atoms with Crippen LogP contribution in [0.4, 0.5) is 0 Å². The normalized spacial score (nSPS) is 10.7. The van der Waals surface area contributed by atoms with Crippen molar-refractivity contribution in [2.75, 3.05) is 5.75 Å². The van der Waals surface area contributed by atoms with Gasteiger partial charge >= 0.3 is 0 Å². The number of hydrogen-bond donors (Lipinski definition) is 1. The zero-order valence-corrected chi connectivity index (χ0v) is 15.9. The number of hydrogen-bond acceptors (Lipinski definition) is 7. The van der Waals surface area contributed by atoms with Crippen molar-refractivity contribution >= 4 is 34.8 Å². The maximum absolute atomic E-state index is 12.3. The molecule has 0 saturated carbocycles. The first kappa shape index (κ1) is 18.3.